The van der Waals surface area contributed by atoms with Crippen LogP contribution in [0.15, 0.2) is 65.6 Å². The zero-order valence-corrected chi connectivity index (χ0v) is 13.7. The predicted octanol–water partition coefficient (Wildman–Crippen LogP) is 2.65. The first-order chi connectivity index (χ1) is 10.7. The molecular weight excluding hydrogens is 314 g/mol. The molecule has 0 radical (unpaired) electrons. The second-order valence-corrected chi connectivity index (χ2v) is 6.00. The molecule has 2 rings (SSSR count). The maximum Gasteiger partial charge on any atom is 0.256 e. The Morgan fingerprint density at radius 2 is 1.59 bits per heavy atom. The van der Waals surface area contributed by atoms with Gasteiger partial charge in [-0.1, -0.05) is 48.5 Å². The van der Waals surface area contributed by atoms with E-state index in [4.69, 9.17) is 12.2 Å². The molecule has 6 heteroatoms. The van der Waals surface area contributed by atoms with Crippen molar-refractivity contribution in [3.8, 4) is 0 Å². The number of thiocarbonyl (C=S) groups is 1. The van der Waals surface area contributed by atoms with Crippen LogP contribution < -0.4 is 16.2 Å². The lowest BCUT2D eigenvalue weighted by molar-refractivity contribution is -0.121. The van der Waals surface area contributed by atoms with E-state index in [-0.39, 0.29) is 11.2 Å². The van der Waals surface area contributed by atoms with Gasteiger partial charge in [-0.15, -0.1) is 11.8 Å². The normalized spacial score (nSPS) is 11.3. The Labute approximate surface area is 139 Å². The highest BCUT2D eigenvalue weighted by Crippen LogP contribution is 2.35. The van der Waals surface area contributed by atoms with Crippen molar-refractivity contribution < 1.29 is 4.79 Å². The molecule has 0 saturated carbocycles. The molecule has 0 aliphatic carbocycles. The first-order valence-electron chi connectivity index (χ1n) is 6.75. The summed E-state index contributed by atoms with van der Waals surface area (Å²) in [5.74, 6) is -0.155. The van der Waals surface area contributed by atoms with E-state index >= 15 is 0 Å². The summed E-state index contributed by atoms with van der Waals surface area (Å²) in [6.45, 7) is 0. The maximum absolute atomic E-state index is 12.5. The van der Waals surface area contributed by atoms with Gasteiger partial charge in [0.25, 0.3) is 5.91 Å². The van der Waals surface area contributed by atoms with E-state index in [1.807, 2.05) is 60.7 Å². The van der Waals surface area contributed by atoms with Crippen LogP contribution in [0.3, 0.4) is 0 Å². The Morgan fingerprint density at radius 3 is 2.18 bits per heavy atom. The van der Waals surface area contributed by atoms with Gasteiger partial charge in [-0.3, -0.25) is 15.6 Å². The summed E-state index contributed by atoms with van der Waals surface area (Å²) in [6.07, 6.45) is 0. The fourth-order valence-corrected chi connectivity index (χ4v) is 2.88. The highest BCUT2D eigenvalue weighted by atomic mass is 32.2. The molecule has 0 aromatic heterocycles. The largest absolute Gasteiger partial charge is 0.364 e. The molecule has 114 valence electrons. The third-order valence-electron chi connectivity index (χ3n) is 2.86. The first kappa shape index (κ1) is 16.3. The van der Waals surface area contributed by atoms with Gasteiger partial charge < -0.3 is 5.32 Å². The summed E-state index contributed by atoms with van der Waals surface area (Å²) in [5, 5.41) is 2.75. The Morgan fingerprint density at radius 1 is 1.00 bits per heavy atom. The van der Waals surface area contributed by atoms with E-state index in [2.05, 4.69) is 16.2 Å². The van der Waals surface area contributed by atoms with Gasteiger partial charge in [0.2, 0.25) is 0 Å². The van der Waals surface area contributed by atoms with Gasteiger partial charge in [0.1, 0.15) is 5.25 Å². The van der Waals surface area contributed by atoms with Crippen molar-refractivity contribution in [1.29, 1.82) is 0 Å². The number of rotatable bonds is 4. The molecule has 2 aromatic rings. The summed E-state index contributed by atoms with van der Waals surface area (Å²) in [7, 11) is 1.69. The van der Waals surface area contributed by atoms with Gasteiger partial charge in [0.05, 0.1) is 0 Å². The molecule has 1 atom stereocenters. The number of thioether (sulfide) groups is 1. The second-order valence-electron chi connectivity index (χ2n) is 4.42. The summed E-state index contributed by atoms with van der Waals surface area (Å²) in [5.41, 5.74) is 6.25. The SMILES string of the molecule is CNC(=S)NNC(=O)[C@H](Sc1ccccc1)c1ccccc1. The minimum absolute atomic E-state index is 0.155. The van der Waals surface area contributed by atoms with Crippen molar-refractivity contribution in [2.24, 2.45) is 0 Å². The zero-order chi connectivity index (χ0) is 15.8. The third kappa shape index (κ3) is 4.75. The molecule has 22 heavy (non-hydrogen) atoms. The Hall–Kier alpha value is -2.05. The molecule has 0 saturated heterocycles. The Kier molecular flexibility index (Phi) is 6.24. The number of carbonyl (C=O) groups excluding carboxylic acids is 1. The molecule has 2 aromatic carbocycles. The molecule has 0 heterocycles. The van der Waals surface area contributed by atoms with Crippen LogP contribution in [0.2, 0.25) is 0 Å². The van der Waals surface area contributed by atoms with E-state index < -0.39 is 0 Å². The van der Waals surface area contributed by atoms with Gasteiger partial charge in [-0.25, -0.2) is 0 Å². The van der Waals surface area contributed by atoms with Crippen LogP contribution in [0.4, 0.5) is 0 Å². The van der Waals surface area contributed by atoms with E-state index in [0.717, 1.165) is 10.5 Å². The van der Waals surface area contributed by atoms with Crippen LogP contribution in [-0.4, -0.2) is 18.1 Å². The van der Waals surface area contributed by atoms with Crippen LogP contribution in [0.25, 0.3) is 0 Å². The highest BCUT2D eigenvalue weighted by Gasteiger charge is 2.21. The van der Waals surface area contributed by atoms with Crippen molar-refractivity contribution in [3.63, 3.8) is 0 Å². The van der Waals surface area contributed by atoms with Crippen LogP contribution >= 0.6 is 24.0 Å². The van der Waals surface area contributed by atoms with E-state index in [1.165, 1.54) is 11.8 Å². The molecule has 0 unspecified atom stereocenters. The van der Waals surface area contributed by atoms with Gasteiger partial charge in [-0.2, -0.15) is 0 Å². The molecule has 0 aliphatic heterocycles. The standard InChI is InChI=1S/C16H17N3OS2/c1-17-16(21)19-18-15(20)14(12-8-4-2-5-9-12)22-13-10-6-3-7-11-13/h2-11,14H,1H3,(H,18,20)(H2,17,19,21)/t14-/m1/s1. The Bertz CT molecular complexity index is 620. The van der Waals surface area contributed by atoms with E-state index in [9.17, 15) is 4.79 Å². The van der Waals surface area contributed by atoms with E-state index in [0.29, 0.717) is 5.11 Å². The van der Waals surface area contributed by atoms with Gasteiger partial charge in [0.15, 0.2) is 5.11 Å². The third-order valence-corrected chi connectivity index (χ3v) is 4.44. The monoisotopic (exact) mass is 331 g/mol. The number of nitrogens with one attached hydrogen (secondary N) is 3. The van der Waals surface area contributed by atoms with Gasteiger partial charge >= 0.3 is 0 Å². The lowest BCUT2D eigenvalue weighted by Gasteiger charge is -2.18. The van der Waals surface area contributed by atoms with Crippen LogP contribution in [0.1, 0.15) is 10.8 Å². The quantitative estimate of drug-likeness (QED) is 0.457. The lowest BCUT2D eigenvalue weighted by Crippen LogP contribution is -2.46. The zero-order valence-electron chi connectivity index (χ0n) is 12.1. The molecule has 0 fully saturated rings. The van der Waals surface area contributed by atoms with Crippen LogP contribution in [-0.2, 0) is 4.79 Å². The summed E-state index contributed by atoms with van der Waals surface area (Å²) >= 11 is 6.46. The van der Waals surface area contributed by atoms with Crippen LogP contribution in [0, 0.1) is 0 Å². The molecule has 0 spiro atoms. The van der Waals surface area contributed by atoms with Crippen molar-refractivity contribution in [1.82, 2.24) is 16.2 Å². The molecule has 1 amide bonds. The average Bonchev–Trinajstić information content (AvgIpc) is 2.59. The van der Waals surface area contributed by atoms with Gasteiger partial charge in [0, 0.05) is 11.9 Å². The number of hydrogen-bond donors (Lipinski definition) is 3. The second kappa shape index (κ2) is 8.41. The number of hydrazine groups is 1. The first-order valence-corrected chi connectivity index (χ1v) is 8.03. The molecule has 0 bridgehead atoms. The van der Waals surface area contributed by atoms with Crippen LogP contribution in [0.5, 0.6) is 0 Å². The van der Waals surface area contributed by atoms with Crippen molar-refractivity contribution >= 4 is 35.0 Å². The van der Waals surface area contributed by atoms with Crippen molar-refractivity contribution in [2.45, 2.75) is 10.1 Å². The molecular formula is C16H17N3OS2. The number of hydrogen-bond acceptors (Lipinski definition) is 3. The van der Waals surface area contributed by atoms with Crippen molar-refractivity contribution in [3.05, 3.63) is 66.2 Å². The number of amides is 1. The summed E-state index contributed by atoms with van der Waals surface area (Å²) < 4.78 is 0. The highest BCUT2D eigenvalue weighted by molar-refractivity contribution is 8.00. The Balaban J connectivity index is 2.15. The number of carbonyl (C=O) groups is 1. The fraction of sp³-hybridized carbons (Fsp3) is 0.125. The minimum Gasteiger partial charge on any atom is -0.364 e. The van der Waals surface area contributed by atoms with E-state index in [1.54, 1.807) is 7.05 Å². The average molecular weight is 331 g/mol. The number of benzene rings is 2. The topological polar surface area (TPSA) is 53.2 Å². The fourth-order valence-electron chi connectivity index (χ4n) is 1.78. The predicted molar refractivity (Wildman–Crippen MR) is 94.4 cm³/mol. The lowest BCUT2D eigenvalue weighted by atomic mass is 10.1. The van der Waals surface area contributed by atoms with Gasteiger partial charge in [-0.05, 0) is 29.9 Å². The smallest absolute Gasteiger partial charge is 0.256 e. The van der Waals surface area contributed by atoms with Crippen molar-refractivity contribution in [2.75, 3.05) is 7.05 Å². The molecule has 0 aliphatic rings. The maximum atomic E-state index is 12.5. The minimum atomic E-state index is -0.365. The molecule has 4 nitrogen and oxygen atoms in total. The summed E-state index contributed by atoms with van der Waals surface area (Å²) in [6, 6.07) is 19.5. The summed E-state index contributed by atoms with van der Waals surface area (Å²) in [4.78, 5) is 13.5. The molecule has 3 N–H and O–H groups in total.